The largest absolute Gasteiger partial charge is 0.494 e. The fraction of sp³-hybridized carbons (Fsp3) is 0.353. The molecule has 2 atom stereocenters. The standard InChI is InChI=1S/C34H38FN5O7.ClH/c1-3-12-45-13-14-46-15-16-47-28-10-11-29(44-2)31(35)30(28)32(41)21-4-6-22(7-5-21)33(42)38-26-19-36-20-27(26)39-34(43)23-8-9-24-18-37-40-25(24)17-23;/h4-11,17-18,26-27,36H,3,12-16,19-20H2,1-2H3,(H,37,40)(H,38,42)(H,39,43);1H/t26-,27-;/m1./s1. The number of benzene rings is 3. The van der Waals surface area contributed by atoms with Crippen molar-refractivity contribution in [2.24, 2.45) is 0 Å². The summed E-state index contributed by atoms with van der Waals surface area (Å²) >= 11 is 0. The first-order valence-corrected chi connectivity index (χ1v) is 15.4. The van der Waals surface area contributed by atoms with Crippen LogP contribution in [-0.2, 0) is 9.47 Å². The summed E-state index contributed by atoms with van der Waals surface area (Å²) in [5.74, 6) is -2.19. The van der Waals surface area contributed by atoms with Gasteiger partial charge in [0.1, 0.15) is 17.9 Å². The van der Waals surface area contributed by atoms with E-state index < -0.39 is 11.6 Å². The molecule has 0 saturated carbocycles. The molecule has 0 unspecified atom stereocenters. The molecule has 256 valence electrons. The Morgan fingerprint density at radius 3 is 2.12 bits per heavy atom. The summed E-state index contributed by atoms with van der Waals surface area (Å²) in [6, 6.07) is 13.3. The lowest BCUT2D eigenvalue weighted by Gasteiger charge is -2.21. The summed E-state index contributed by atoms with van der Waals surface area (Å²) in [7, 11) is 1.31. The number of aromatic amines is 1. The van der Waals surface area contributed by atoms with Crippen LogP contribution in [0.5, 0.6) is 11.5 Å². The van der Waals surface area contributed by atoms with E-state index in [0.29, 0.717) is 44.0 Å². The van der Waals surface area contributed by atoms with Crippen LogP contribution in [0.3, 0.4) is 0 Å². The van der Waals surface area contributed by atoms with E-state index in [1.54, 1.807) is 18.3 Å². The number of methoxy groups -OCH3 is 1. The highest BCUT2D eigenvalue weighted by Crippen LogP contribution is 2.31. The van der Waals surface area contributed by atoms with Crippen molar-refractivity contribution in [3.8, 4) is 11.5 Å². The summed E-state index contributed by atoms with van der Waals surface area (Å²) in [6.07, 6.45) is 2.60. The second-order valence-electron chi connectivity index (χ2n) is 10.9. The molecule has 1 aromatic heterocycles. The molecule has 2 heterocycles. The van der Waals surface area contributed by atoms with Gasteiger partial charge in [-0.2, -0.15) is 5.10 Å². The van der Waals surface area contributed by atoms with Crippen LogP contribution in [0.2, 0.25) is 0 Å². The van der Waals surface area contributed by atoms with Crippen LogP contribution in [0.25, 0.3) is 10.9 Å². The number of amides is 2. The summed E-state index contributed by atoms with van der Waals surface area (Å²) in [6.45, 7) is 4.79. The summed E-state index contributed by atoms with van der Waals surface area (Å²) < 4.78 is 37.0. The van der Waals surface area contributed by atoms with Gasteiger partial charge in [-0.1, -0.05) is 25.1 Å². The Hall–Kier alpha value is -4.56. The third-order valence-corrected chi connectivity index (χ3v) is 7.68. The summed E-state index contributed by atoms with van der Waals surface area (Å²) in [4.78, 5) is 39.6. The Morgan fingerprint density at radius 1 is 0.833 bits per heavy atom. The molecule has 14 heteroatoms. The van der Waals surface area contributed by atoms with E-state index in [9.17, 15) is 14.4 Å². The zero-order valence-corrected chi connectivity index (χ0v) is 27.5. The van der Waals surface area contributed by atoms with E-state index >= 15 is 4.39 Å². The summed E-state index contributed by atoms with van der Waals surface area (Å²) in [5.41, 5.74) is 1.40. The number of carbonyl (C=O) groups is 3. The molecule has 1 fully saturated rings. The van der Waals surface area contributed by atoms with Gasteiger partial charge in [-0.05, 0) is 42.8 Å². The molecule has 0 spiro atoms. The van der Waals surface area contributed by atoms with Crippen LogP contribution >= 0.6 is 12.4 Å². The Balaban J connectivity index is 0.00000520. The average Bonchev–Trinajstić information content (AvgIpc) is 3.74. The van der Waals surface area contributed by atoms with Crippen LogP contribution in [0.4, 0.5) is 4.39 Å². The first-order chi connectivity index (χ1) is 22.9. The molecule has 0 aliphatic carbocycles. The van der Waals surface area contributed by atoms with Gasteiger partial charge >= 0.3 is 0 Å². The highest BCUT2D eigenvalue weighted by molar-refractivity contribution is 6.11. The number of H-pyrrole nitrogens is 1. The number of fused-ring (bicyclic) bond motifs is 1. The number of ketones is 1. The van der Waals surface area contributed by atoms with Crippen LogP contribution in [0.1, 0.15) is 50.0 Å². The van der Waals surface area contributed by atoms with Crippen LogP contribution in [0, 0.1) is 5.82 Å². The fourth-order valence-corrected chi connectivity index (χ4v) is 5.19. The number of nitrogens with one attached hydrogen (secondary N) is 4. The lowest BCUT2D eigenvalue weighted by atomic mass is 10.00. The molecular formula is C34H39ClFN5O7. The van der Waals surface area contributed by atoms with Gasteiger partial charge in [0.05, 0.1) is 50.7 Å². The van der Waals surface area contributed by atoms with Gasteiger partial charge in [-0.25, -0.2) is 4.39 Å². The van der Waals surface area contributed by atoms with Crippen molar-refractivity contribution in [1.29, 1.82) is 0 Å². The molecule has 12 nitrogen and oxygen atoms in total. The maximum atomic E-state index is 15.4. The third-order valence-electron chi connectivity index (χ3n) is 7.68. The first kappa shape index (κ1) is 36.3. The Kier molecular flexibility index (Phi) is 13.3. The monoisotopic (exact) mass is 683 g/mol. The first-order valence-electron chi connectivity index (χ1n) is 15.4. The highest BCUT2D eigenvalue weighted by Gasteiger charge is 2.30. The smallest absolute Gasteiger partial charge is 0.251 e. The number of hydrogen-bond acceptors (Lipinski definition) is 9. The molecular weight excluding hydrogens is 645 g/mol. The Morgan fingerprint density at radius 2 is 1.44 bits per heavy atom. The molecule has 0 radical (unpaired) electrons. The number of hydrogen-bond donors (Lipinski definition) is 4. The lowest BCUT2D eigenvalue weighted by Crippen LogP contribution is -2.51. The third kappa shape index (κ3) is 8.86. The molecule has 1 aliphatic rings. The molecule has 4 N–H and O–H groups in total. The maximum absolute atomic E-state index is 15.4. The SMILES string of the molecule is CCCOCCOCCOc1ccc(OC)c(F)c1C(=O)c1ccc(C(=O)N[C@@H]2CNC[C@H]2NC(=O)c2ccc3cn[nH]c3c2)cc1.Cl. The zero-order chi connectivity index (χ0) is 33.2. The molecule has 3 aromatic carbocycles. The van der Waals surface area contributed by atoms with Crippen molar-refractivity contribution in [3.63, 3.8) is 0 Å². The van der Waals surface area contributed by atoms with Gasteiger partial charge in [0.2, 0.25) is 0 Å². The number of halogens is 2. The molecule has 2 amide bonds. The van der Waals surface area contributed by atoms with E-state index in [1.165, 1.54) is 43.5 Å². The second-order valence-corrected chi connectivity index (χ2v) is 10.9. The van der Waals surface area contributed by atoms with Gasteiger partial charge < -0.3 is 34.9 Å². The van der Waals surface area contributed by atoms with Crippen LogP contribution in [-0.4, -0.2) is 93.1 Å². The minimum absolute atomic E-state index is 0. The van der Waals surface area contributed by atoms with E-state index in [1.807, 2.05) is 13.0 Å². The van der Waals surface area contributed by atoms with Crippen molar-refractivity contribution in [2.75, 3.05) is 53.2 Å². The number of aromatic nitrogens is 2. The van der Waals surface area contributed by atoms with Gasteiger partial charge in [0.25, 0.3) is 11.8 Å². The van der Waals surface area contributed by atoms with Gasteiger partial charge in [-0.15, -0.1) is 12.4 Å². The Labute approximate surface area is 283 Å². The highest BCUT2D eigenvalue weighted by atomic mass is 35.5. The van der Waals surface area contributed by atoms with Crippen molar-refractivity contribution in [1.82, 2.24) is 26.1 Å². The average molecular weight is 684 g/mol. The lowest BCUT2D eigenvalue weighted by molar-refractivity contribution is 0.0364. The molecule has 5 rings (SSSR count). The molecule has 1 aliphatic heterocycles. The fourth-order valence-electron chi connectivity index (χ4n) is 5.19. The van der Waals surface area contributed by atoms with E-state index in [-0.39, 0.29) is 72.1 Å². The van der Waals surface area contributed by atoms with E-state index in [0.717, 1.165) is 17.3 Å². The molecule has 1 saturated heterocycles. The van der Waals surface area contributed by atoms with Crippen molar-refractivity contribution < 1.29 is 37.7 Å². The number of rotatable bonds is 16. The number of ether oxygens (including phenoxy) is 4. The Bertz CT molecular complexity index is 1700. The van der Waals surface area contributed by atoms with Crippen LogP contribution in [0.15, 0.2) is 60.8 Å². The van der Waals surface area contributed by atoms with E-state index in [2.05, 4.69) is 26.1 Å². The normalized spacial score (nSPS) is 15.5. The van der Waals surface area contributed by atoms with Crippen molar-refractivity contribution in [2.45, 2.75) is 25.4 Å². The molecule has 4 aromatic rings. The minimum Gasteiger partial charge on any atom is -0.494 e. The molecule has 0 bridgehead atoms. The van der Waals surface area contributed by atoms with E-state index in [4.69, 9.17) is 18.9 Å². The van der Waals surface area contributed by atoms with Crippen LogP contribution < -0.4 is 25.4 Å². The van der Waals surface area contributed by atoms with Gasteiger partial charge in [0.15, 0.2) is 17.3 Å². The van der Waals surface area contributed by atoms with Gasteiger partial charge in [0, 0.05) is 41.8 Å². The zero-order valence-electron chi connectivity index (χ0n) is 26.7. The quantitative estimate of drug-likeness (QED) is 0.102. The van der Waals surface area contributed by atoms with Crippen molar-refractivity contribution in [3.05, 3.63) is 88.9 Å². The van der Waals surface area contributed by atoms with Gasteiger partial charge in [-0.3, -0.25) is 19.5 Å². The maximum Gasteiger partial charge on any atom is 0.251 e. The minimum atomic E-state index is -0.850. The second kappa shape index (κ2) is 17.6. The number of nitrogens with zero attached hydrogens (tertiary/aromatic N) is 1. The predicted molar refractivity (Wildman–Crippen MR) is 179 cm³/mol. The topological polar surface area (TPSA) is 153 Å². The predicted octanol–water partition coefficient (Wildman–Crippen LogP) is 3.69. The molecule has 48 heavy (non-hydrogen) atoms. The number of carbonyl (C=O) groups excluding carboxylic acids is 3. The summed E-state index contributed by atoms with van der Waals surface area (Å²) in [5, 5.41) is 16.9. The van der Waals surface area contributed by atoms with Crippen molar-refractivity contribution >= 4 is 40.9 Å².